The molecular formula is C18H17N7O4S. The third-order valence-corrected chi connectivity index (χ3v) is 5.30. The molecule has 0 saturated carbocycles. The van der Waals surface area contributed by atoms with Crippen LogP contribution in [0.15, 0.2) is 35.6 Å². The number of carbonyl (C=O) groups is 1. The Bertz CT molecular complexity index is 1260. The SMILES string of the molecule is [C-]#[N+]c1cnc2c(Nc3ccc(C(=O)N4CCOCC4)cc3)nc(S(C)(=O)=O)nn12. The molecule has 154 valence electrons. The fourth-order valence-electron chi connectivity index (χ4n) is 2.95. The van der Waals surface area contributed by atoms with Crippen molar-refractivity contribution >= 4 is 38.7 Å². The normalized spacial score (nSPS) is 14.5. The molecular weight excluding hydrogens is 410 g/mol. The molecule has 3 aromatic rings. The number of sulfone groups is 1. The van der Waals surface area contributed by atoms with Gasteiger partial charge in [0, 0.05) is 30.6 Å². The molecule has 1 fully saturated rings. The molecule has 30 heavy (non-hydrogen) atoms. The number of hydrogen-bond donors (Lipinski definition) is 1. The summed E-state index contributed by atoms with van der Waals surface area (Å²) in [5, 5.41) is 6.47. The zero-order valence-corrected chi connectivity index (χ0v) is 16.8. The molecule has 0 spiro atoms. The number of benzene rings is 1. The van der Waals surface area contributed by atoms with Crippen LogP contribution in [0, 0.1) is 6.57 Å². The first-order valence-electron chi connectivity index (χ1n) is 8.94. The number of morpholine rings is 1. The van der Waals surface area contributed by atoms with Crippen molar-refractivity contribution in [2.24, 2.45) is 0 Å². The maximum atomic E-state index is 12.6. The number of ether oxygens (including phenoxy) is 1. The van der Waals surface area contributed by atoms with Gasteiger partial charge in [-0.25, -0.2) is 13.4 Å². The molecule has 12 heteroatoms. The number of fused-ring (bicyclic) bond motifs is 1. The van der Waals surface area contributed by atoms with E-state index in [1.807, 2.05) is 0 Å². The molecule has 0 radical (unpaired) electrons. The quantitative estimate of drug-likeness (QED) is 0.618. The Labute approximate surface area is 172 Å². The zero-order valence-electron chi connectivity index (χ0n) is 15.9. The van der Waals surface area contributed by atoms with E-state index < -0.39 is 15.0 Å². The lowest BCUT2D eigenvalue weighted by Gasteiger charge is -2.26. The fraction of sp³-hybridized carbons (Fsp3) is 0.278. The van der Waals surface area contributed by atoms with Gasteiger partial charge in [-0.05, 0) is 24.3 Å². The lowest BCUT2D eigenvalue weighted by atomic mass is 10.1. The summed E-state index contributed by atoms with van der Waals surface area (Å²) in [5.74, 6) is 0.114. The molecule has 1 saturated heterocycles. The third-order valence-electron chi connectivity index (χ3n) is 4.46. The van der Waals surface area contributed by atoms with Crippen LogP contribution in [-0.4, -0.2) is 71.4 Å². The van der Waals surface area contributed by atoms with Crippen molar-refractivity contribution in [3.8, 4) is 0 Å². The average Bonchev–Trinajstić information content (AvgIpc) is 3.17. The summed E-state index contributed by atoms with van der Waals surface area (Å²) in [6.07, 6.45) is 2.27. The Morgan fingerprint density at radius 3 is 2.57 bits per heavy atom. The van der Waals surface area contributed by atoms with Gasteiger partial charge in [0.1, 0.15) is 0 Å². The molecule has 3 heterocycles. The van der Waals surface area contributed by atoms with Crippen LogP contribution in [0.4, 0.5) is 17.3 Å². The van der Waals surface area contributed by atoms with Gasteiger partial charge >= 0.3 is 0 Å². The van der Waals surface area contributed by atoms with Crippen LogP contribution < -0.4 is 5.32 Å². The second-order valence-corrected chi connectivity index (χ2v) is 8.50. The summed E-state index contributed by atoms with van der Waals surface area (Å²) in [5.41, 5.74) is 1.31. The van der Waals surface area contributed by atoms with Crippen molar-refractivity contribution in [3.05, 3.63) is 47.4 Å². The summed E-state index contributed by atoms with van der Waals surface area (Å²) in [4.78, 5) is 25.7. The Balaban J connectivity index is 1.65. The van der Waals surface area contributed by atoms with Gasteiger partial charge in [0.25, 0.3) is 22.5 Å². The monoisotopic (exact) mass is 427 g/mol. The highest BCUT2D eigenvalue weighted by Crippen LogP contribution is 2.24. The number of hydrogen-bond acceptors (Lipinski definition) is 8. The van der Waals surface area contributed by atoms with E-state index in [1.54, 1.807) is 29.2 Å². The summed E-state index contributed by atoms with van der Waals surface area (Å²) in [7, 11) is -3.72. The second-order valence-electron chi connectivity index (χ2n) is 6.59. The Morgan fingerprint density at radius 2 is 1.93 bits per heavy atom. The number of imidazole rings is 1. The molecule has 0 aliphatic carbocycles. The van der Waals surface area contributed by atoms with Crippen LogP contribution in [0.2, 0.25) is 0 Å². The van der Waals surface area contributed by atoms with Gasteiger partial charge in [-0.15, -0.1) is 4.52 Å². The Morgan fingerprint density at radius 1 is 1.23 bits per heavy atom. The lowest BCUT2D eigenvalue weighted by molar-refractivity contribution is 0.0303. The number of nitrogens with one attached hydrogen (secondary N) is 1. The van der Waals surface area contributed by atoms with Gasteiger partial charge in [0.15, 0.2) is 0 Å². The standard InChI is InChI=1S/C18H17N7O4S/c1-19-14-11-20-16-15(22-18(23-25(14)16)30(2,27)28)21-13-5-3-12(4-6-13)17(26)24-7-9-29-10-8-24/h3-6,11H,7-10H2,2H3,(H,21,22,23). The minimum Gasteiger partial charge on any atom is -0.378 e. The molecule has 1 aliphatic heterocycles. The van der Waals surface area contributed by atoms with Crippen LogP contribution in [0.25, 0.3) is 10.5 Å². The van der Waals surface area contributed by atoms with E-state index >= 15 is 0 Å². The fourth-order valence-corrected chi connectivity index (χ4v) is 3.44. The number of nitrogens with zero attached hydrogens (tertiary/aromatic N) is 6. The topological polar surface area (TPSA) is 123 Å². The van der Waals surface area contributed by atoms with E-state index in [0.717, 1.165) is 10.8 Å². The second kappa shape index (κ2) is 7.69. The van der Waals surface area contributed by atoms with E-state index in [9.17, 15) is 13.2 Å². The van der Waals surface area contributed by atoms with Crippen LogP contribution in [0.5, 0.6) is 0 Å². The van der Waals surface area contributed by atoms with Crippen molar-refractivity contribution in [1.29, 1.82) is 0 Å². The van der Waals surface area contributed by atoms with Gasteiger partial charge in [-0.2, -0.15) is 4.98 Å². The highest BCUT2D eigenvalue weighted by Gasteiger charge is 2.22. The third kappa shape index (κ3) is 3.80. The number of carbonyl (C=O) groups excluding carboxylic acids is 1. The van der Waals surface area contributed by atoms with Gasteiger partial charge < -0.3 is 19.8 Å². The van der Waals surface area contributed by atoms with Gasteiger partial charge in [-0.1, -0.05) is 11.7 Å². The maximum Gasteiger partial charge on any atom is 0.288 e. The molecule has 0 bridgehead atoms. The Hall–Kier alpha value is -3.56. The van der Waals surface area contributed by atoms with Crippen LogP contribution in [0.1, 0.15) is 10.4 Å². The van der Waals surface area contributed by atoms with E-state index in [4.69, 9.17) is 11.3 Å². The van der Waals surface area contributed by atoms with Gasteiger partial charge in [0.2, 0.25) is 15.7 Å². The molecule has 1 amide bonds. The molecule has 1 N–H and O–H groups in total. The molecule has 2 aromatic heterocycles. The van der Waals surface area contributed by atoms with Crippen molar-refractivity contribution in [2.45, 2.75) is 5.16 Å². The summed E-state index contributed by atoms with van der Waals surface area (Å²) in [6, 6.07) is 6.72. The van der Waals surface area contributed by atoms with Crippen LogP contribution >= 0.6 is 0 Å². The first kappa shape index (κ1) is 19.7. The highest BCUT2D eigenvalue weighted by molar-refractivity contribution is 7.90. The van der Waals surface area contributed by atoms with Gasteiger partial charge in [-0.3, -0.25) is 4.79 Å². The van der Waals surface area contributed by atoms with Crippen molar-refractivity contribution < 1.29 is 17.9 Å². The maximum absolute atomic E-state index is 12.6. The van der Waals surface area contributed by atoms with Crippen molar-refractivity contribution in [2.75, 3.05) is 37.9 Å². The molecule has 1 aliphatic rings. The molecule has 0 unspecified atom stereocenters. The number of rotatable bonds is 4. The minimum atomic E-state index is -3.72. The number of anilines is 2. The molecule has 4 rings (SSSR count). The predicted octanol–water partition coefficient (Wildman–Crippen LogP) is 1.29. The zero-order chi connectivity index (χ0) is 21.3. The first-order chi connectivity index (χ1) is 14.4. The average molecular weight is 427 g/mol. The van der Waals surface area contributed by atoms with Crippen molar-refractivity contribution in [1.82, 2.24) is 24.5 Å². The summed E-state index contributed by atoms with van der Waals surface area (Å²) < 4.78 is 30.3. The molecule has 0 atom stereocenters. The van der Waals surface area contributed by atoms with Crippen molar-refractivity contribution in [3.63, 3.8) is 0 Å². The first-order valence-corrected chi connectivity index (χ1v) is 10.8. The number of aromatic nitrogens is 4. The summed E-state index contributed by atoms with van der Waals surface area (Å²) >= 11 is 0. The lowest BCUT2D eigenvalue weighted by Crippen LogP contribution is -2.40. The Kier molecular flexibility index (Phi) is 5.06. The van der Waals surface area contributed by atoms with E-state index in [2.05, 4.69) is 25.2 Å². The molecule has 11 nitrogen and oxygen atoms in total. The van der Waals surface area contributed by atoms with Crippen LogP contribution in [0.3, 0.4) is 0 Å². The molecule has 1 aromatic carbocycles. The largest absolute Gasteiger partial charge is 0.378 e. The predicted molar refractivity (Wildman–Crippen MR) is 107 cm³/mol. The smallest absolute Gasteiger partial charge is 0.288 e. The van der Waals surface area contributed by atoms with E-state index in [-0.39, 0.29) is 23.2 Å². The highest BCUT2D eigenvalue weighted by atomic mass is 32.2. The van der Waals surface area contributed by atoms with E-state index in [0.29, 0.717) is 37.6 Å². The van der Waals surface area contributed by atoms with Crippen LogP contribution in [-0.2, 0) is 14.6 Å². The van der Waals surface area contributed by atoms with Gasteiger partial charge in [0.05, 0.1) is 19.4 Å². The summed E-state index contributed by atoms with van der Waals surface area (Å²) in [6.45, 7) is 9.35. The van der Waals surface area contributed by atoms with E-state index in [1.165, 1.54) is 6.20 Å². The number of amides is 1. The minimum absolute atomic E-state index is 0.0619.